The van der Waals surface area contributed by atoms with Crippen molar-refractivity contribution in [1.82, 2.24) is 10.2 Å². The maximum atomic E-state index is 14.3. The summed E-state index contributed by atoms with van der Waals surface area (Å²) in [5, 5.41) is 33.9. The van der Waals surface area contributed by atoms with E-state index in [4.69, 9.17) is 13.9 Å². The van der Waals surface area contributed by atoms with Crippen molar-refractivity contribution in [2.45, 2.75) is 37.8 Å². The summed E-state index contributed by atoms with van der Waals surface area (Å²) in [5.41, 5.74) is 0.300. The second-order valence-corrected chi connectivity index (χ2v) is 12.0. The minimum Gasteiger partial charge on any atom is -0.493 e. The molecule has 5 rings (SSSR count). The second kappa shape index (κ2) is 15.1. The van der Waals surface area contributed by atoms with Crippen LogP contribution >= 0.6 is 22.6 Å². The average Bonchev–Trinajstić information content (AvgIpc) is 3.07. The van der Waals surface area contributed by atoms with Crippen LogP contribution < -0.4 is 20.4 Å². The minimum absolute atomic E-state index is 0.0420. The highest BCUT2D eigenvalue weighted by Gasteiger charge is 2.42. The first-order valence-electron chi connectivity index (χ1n) is 14.6. The van der Waals surface area contributed by atoms with Crippen LogP contribution in [0.1, 0.15) is 27.9 Å². The number of nitrogens with one attached hydrogen (secondary N) is 1. The van der Waals surface area contributed by atoms with E-state index >= 15 is 0 Å². The van der Waals surface area contributed by atoms with Crippen LogP contribution in [0.5, 0.6) is 11.5 Å². The smallest absolute Gasteiger partial charge is 0.349 e. The molecule has 246 valence electrons. The van der Waals surface area contributed by atoms with Crippen LogP contribution in [-0.4, -0.2) is 70.5 Å². The zero-order valence-electron chi connectivity index (χ0n) is 25.2. The van der Waals surface area contributed by atoms with Crippen molar-refractivity contribution < 1.29 is 43.2 Å². The Hall–Kier alpha value is -4.31. The molecular formula is C34H32FIN2O9. The van der Waals surface area contributed by atoms with E-state index in [1.165, 1.54) is 48.4 Å². The molecule has 3 atom stereocenters. The van der Waals surface area contributed by atoms with Crippen molar-refractivity contribution in [2.75, 3.05) is 20.3 Å². The van der Waals surface area contributed by atoms with E-state index in [0.29, 0.717) is 20.1 Å². The second-order valence-electron chi connectivity index (χ2n) is 10.8. The zero-order chi connectivity index (χ0) is 33.7. The van der Waals surface area contributed by atoms with Crippen molar-refractivity contribution in [3.63, 3.8) is 0 Å². The van der Waals surface area contributed by atoms with E-state index in [2.05, 4.69) is 5.32 Å². The van der Waals surface area contributed by atoms with Gasteiger partial charge in [0.1, 0.15) is 29.2 Å². The Kier molecular flexibility index (Phi) is 10.9. The van der Waals surface area contributed by atoms with Gasteiger partial charge in [-0.15, -0.1) is 0 Å². The van der Waals surface area contributed by atoms with Gasteiger partial charge in [-0.05, 0) is 76.2 Å². The molecule has 47 heavy (non-hydrogen) atoms. The van der Waals surface area contributed by atoms with Crippen LogP contribution in [0.15, 0.2) is 87.6 Å². The topological polar surface area (TPSA) is 159 Å². The molecule has 0 spiro atoms. The van der Waals surface area contributed by atoms with E-state index in [1.807, 2.05) is 22.6 Å². The van der Waals surface area contributed by atoms with Crippen LogP contribution in [0.2, 0.25) is 0 Å². The number of aliphatic hydroxyl groups is 3. The highest BCUT2D eigenvalue weighted by molar-refractivity contribution is 14.1. The molecule has 1 aliphatic carbocycles. The molecular weight excluding hydrogens is 726 g/mol. The van der Waals surface area contributed by atoms with E-state index in [1.54, 1.807) is 36.4 Å². The van der Waals surface area contributed by atoms with Crippen molar-refractivity contribution >= 4 is 45.4 Å². The molecule has 4 N–H and O–H groups in total. The lowest BCUT2D eigenvalue weighted by Crippen LogP contribution is -2.55. The zero-order valence-corrected chi connectivity index (χ0v) is 27.3. The van der Waals surface area contributed by atoms with E-state index in [9.17, 15) is 34.1 Å². The molecule has 3 unspecified atom stereocenters. The number of halogens is 2. The number of fused-ring (bicyclic) bond motifs is 1. The third-order valence-electron chi connectivity index (χ3n) is 7.74. The largest absolute Gasteiger partial charge is 0.493 e. The Morgan fingerprint density at radius 1 is 1.09 bits per heavy atom. The summed E-state index contributed by atoms with van der Waals surface area (Å²) in [5.74, 6) is -1.33. The van der Waals surface area contributed by atoms with Gasteiger partial charge in [0.25, 0.3) is 5.91 Å². The molecule has 13 heteroatoms. The Morgan fingerprint density at radius 2 is 1.83 bits per heavy atom. The number of rotatable bonds is 11. The predicted molar refractivity (Wildman–Crippen MR) is 177 cm³/mol. The van der Waals surface area contributed by atoms with Gasteiger partial charge in [0.15, 0.2) is 11.5 Å². The summed E-state index contributed by atoms with van der Waals surface area (Å²) in [4.78, 5) is 41.9. The van der Waals surface area contributed by atoms with Crippen LogP contribution in [0, 0.1) is 9.39 Å². The van der Waals surface area contributed by atoms with Crippen molar-refractivity contribution in [3.8, 4) is 11.5 Å². The molecule has 0 saturated carbocycles. The fourth-order valence-corrected chi connectivity index (χ4v) is 6.18. The number of carbonyl (C=O) groups is 2. The summed E-state index contributed by atoms with van der Waals surface area (Å²) in [6.45, 7) is -0.777. The lowest BCUT2D eigenvalue weighted by Gasteiger charge is -2.40. The Labute approximate surface area is 282 Å². The maximum absolute atomic E-state index is 14.3. The lowest BCUT2D eigenvalue weighted by molar-refractivity contribution is -0.118. The highest BCUT2D eigenvalue weighted by atomic mass is 127. The van der Waals surface area contributed by atoms with Crippen LogP contribution in [0.4, 0.5) is 4.39 Å². The molecule has 1 heterocycles. The Balaban J connectivity index is 1.60. The summed E-state index contributed by atoms with van der Waals surface area (Å²) >= 11 is 2.00. The third-order valence-corrected chi connectivity index (χ3v) is 8.54. The monoisotopic (exact) mass is 758 g/mol. The first-order valence-corrected chi connectivity index (χ1v) is 15.7. The highest BCUT2D eigenvalue weighted by Crippen LogP contribution is 2.37. The number of hydrogen-bond donors (Lipinski definition) is 4. The number of methoxy groups -OCH3 is 1. The number of amides is 2. The van der Waals surface area contributed by atoms with E-state index < -0.39 is 41.5 Å². The third kappa shape index (κ3) is 7.64. The molecule has 3 aromatic carbocycles. The number of carbonyl (C=O) groups excluding carboxylic acids is 2. The standard InChI is InChI=1S/C34H32FIN2O9/c1-45-29-13-20(18-40)12-25(36)31(29)46-28-16-22(32(42)37-10-11-39)15-26(30(28)41)38(17-19-6-8-23(35)9-7-19)33(43)24-14-21-4-2-3-5-27(21)47-34(24)44/h2-9,12-14,16,26,28,30,39-41H,10-11,15,17-18H2,1H3,(H,37,42). The van der Waals surface area contributed by atoms with Gasteiger partial charge in [-0.3, -0.25) is 9.59 Å². The van der Waals surface area contributed by atoms with E-state index in [0.717, 1.165) is 0 Å². The summed E-state index contributed by atoms with van der Waals surface area (Å²) in [6.07, 6.45) is -1.36. The predicted octanol–water partition coefficient (Wildman–Crippen LogP) is 3.30. The van der Waals surface area contributed by atoms with Gasteiger partial charge >= 0.3 is 5.63 Å². The van der Waals surface area contributed by atoms with Gasteiger partial charge in [0, 0.05) is 30.5 Å². The van der Waals surface area contributed by atoms with Crippen LogP contribution in [0.3, 0.4) is 0 Å². The number of aliphatic hydroxyl groups excluding tert-OH is 3. The summed E-state index contributed by atoms with van der Waals surface area (Å²) < 4.78 is 31.6. The average molecular weight is 759 g/mol. The quantitative estimate of drug-likeness (QED) is 0.133. The molecule has 0 bridgehead atoms. The first kappa shape index (κ1) is 34.0. The van der Waals surface area contributed by atoms with Gasteiger partial charge in [-0.1, -0.05) is 30.3 Å². The molecule has 0 saturated heterocycles. The van der Waals surface area contributed by atoms with Crippen molar-refractivity contribution in [3.05, 3.63) is 115 Å². The number of nitrogens with zero attached hydrogens (tertiary/aromatic N) is 1. The van der Waals surface area contributed by atoms with Crippen LogP contribution in [-0.2, 0) is 17.9 Å². The normalized spacial score (nSPS) is 17.6. The Bertz CT molecular complexity index is 1860. The molecule has 1 aromatic heterocycles. The van der Waals surface area contributed by atoms with E-state index in [-0.39, 0.29) is 60.9 Å². The van der Waals surface area contributed by atoms with Gasteiger partial charge in [-0.2, -0.15) is 0 Å². The van der Waals surface area contributed by atoms with Gasteiger partial charge < -0.3 is 39.4 Å². The van der Waals surface area contributed by atoms with Gasteiger partial charge in [-0.25, -0.2) is 9.18 Å². The fraction of sp³-hybridized carbons (Fsp3) is 0.265. The molecule has 4 aromatic rings. The molecule has 11 nitrogen and oxygen atoms in total. The number of ether oxygens (including phenoxy) is 2. The maximum Gasteiger partial charge on any atom is 0.349 e. The van der Waals surface area contributed by atoms with Crippen LogP contribution in [0.25, 0.3) is 11.0 Å². The van der Waals surface area contributed by atoms with Gasteiger partial charge in [0.05, 0.1) is 29.9 Å². The van der Waals surface area contributed by atoms with Gasteiger partial charge in [0.2, 0.25) is 5.91 Å². The lowest BCUT2D eigenvalue weighted by atomic mass is 9.87. The Morgan fingerprint density at radius 3 is 2.53 bits per heavy atom. The SMILES string of the molecule is COc1cc(CO)cc(I)c1OC1C=C(C(=O)NCCO)CC(N(Cc2ccc(F)cc2)C(=O)c2cc3ccccc3oc2=O)C1O. The summed E-state index contributed by atoms with van der Waals surface area (Å²) in [6, 6.07) is 15.6. The molecule has 2 amide bonds. The molecule has 0 radical (unpaired) electrons. The van der Waals surface area contributed by atoms with Crippen molar-refractivity contribution in [1.29, 1.82) is 0 Å². The number of para-hydroxylation sites is 1. The number of benzene rings is 3. The molecule has 0 fully saturated rings. The molecule has 0 aliphatic heterocycles. The molecule has 1 aliphatic rings. The minimum atomic E-state index is -1.45. The van der Waals surface area contributed by atoms with Crippen molar-refractivity contribution in [2.24, 2.45) is 0 Å². The number of hydrogen-bond acceptors (Lipinski definition) is 9. The first-order chi connectivity index (χ1) is 22.6. The fourth-order valence-electron chi connectivity index (χ4n) is 5.39. The summed E-state index contributed by atoms with van der Waals surface area (Å²) in [7, 11) is 1.42.